The van der Waals surface area contributed by atoms with E-state index in [1.165, 1.54) is 6.26 Å². The summed E-state index contributed by atoms with van der Waals surface area (Å²) in [4.78, 5) is 0. The van der Waals surface area contributed by atoms with E-state index in [4.69, 9.17) is 5.73 Å². The summed E-state index contributed by atoms with van der Waals surface area (Å²) in [7, 11) is -3.21. The highest BCUT2D eigenvalue weighted by atomic mass is 32.2. The van der Waals surface area contributed by atoms with Gasteiger partial charge in [0.2, 0.25) is 0 Å². The SMILES string of the molecule is CCCn1cc(C(N)C(C)(C)S(C)(=O)=O)cn1. The summed E-state index contributed by atoms with van der Waals surface area (Å²) in [5, 5.41) is 4.16. The van der Waals surface area contributed by atoms with Crippen molar-refractivity contribution >= 4 is 9.84 Å². The second-order valence-corrected chi connectivity index (χ2v) is 7.49. The summed E-state index contributed by atoms with van der Waals surface area (Å²) in [6, 6.07) is -0.567. The van der Waals surface area contributed by atoms with Crippen molar-refractivity contribution in [2.75, 3.05) is 6.26 Å². The second-order valence-electron chi connectivity index (χ2n) is 4.89. The zero-order valence-corrected chi connectivity index (χ0v) is 11.7. The summed E-state index contributed by atoms with van der Waals surface area (Å²) < 4.78 is 24.2. The van der Waals surface area contributed by atoms with Gasteiger partial charge in [-0.1, -0.05) is 6.92 Å². The number of aromatic nitrogens is 2. The number of hydrogen-bond acceptors (Lipinski definition) is 4. The molecule has 0 aliphatic carbocycles. The normalized spacial score (nSPS) is 14.9. The van der Waals surface area contributed by atoms with Crippen molar-refractivity contribution in [3.05, 3.63) is 18.0 Å². The Morgan fingerprint density at radius 3 is 2.59 bits per heavy atom. The number of nitrogens with zero attached hydrogens (tertiary/aromatic N) is 2. The van der Waals surface area contributed by atoms with Crippen LogP contribution in [0.1, 0.15) is 38.8 Å². The van der Waals surface area contributed by atoms with Crippen LogP contribution in [-0.4, -0.2) is 29.2 Å². The van der Waals surface area contributed by atoms with Crippen LogP contribution in [0.2, 0.25) is 0 Å². The van der Waals surface area contributed by atoms with Crippen molar-refractivity contribution in [1.82, 2.24) is 9.78 Å². The summed E-state index contributed by atoms with van der Waals surface area (Å²) in [6.45, 7) is 6.15. The monoisotopic (exact) mass is 259 g/mol. The Labute approximate surface area is 103 Å². The zero-order valence-electron chi connectivity index (χ0n) is 10.8. The molecule has 1 rings (SSSR count). The fraction of sp³-hybridized carbons (Fsp3) is 0.727. The van der Waals surface area contributed by atoms with Crippen LogP contribution in [0.5, 0.6) is 0 Å². The van der Waals surface area contributed by atoms with Crippen LogP contribution in [0.15, 0.2) is 12.4 Å². The van der Waals surface area contributed by atoms with Crippen molar-refractivity contribution in [3.8, 4) is 0 Å². The molecule has 0 saturated carbocycles. The van der Waals surface area contributed by atoms with Gasteiger partial charge in [0, 0.05) is 24.6 Å². The standard InChI is InChI=1S/C11H21N3O2S/c1-5-6-14-8-9(7-13-14)10(12)11(2,3)17(4,15)16/h7-8,10H,5-6,12H2,1-4H3. The molecule has 6 heteroatoms. The van der Waals surface area contributed by atoms with Crippen LogP contribution in [0.25, 0.3) is 0 Å². The predicted octanol–water partition coefficient (Wildman–Crippen LogP) is 1.12. The summed E-state index contributed by atoms with van der Waals surface area (Å²) >= 11 is 0. The van der Waals surface area contributed by atoms with Crippen LogP contribution < -0.4 is 5.73 Å². The molecule has 1 unspecified atom stereocenters. The van der Waals surface area contributed by atoms with E-state index in [2.05, 4.69) is 12.0 Å². The molecule has 1 aromatic rings. The Kier molecular flexibility index (Phi) is 3.99. The Hall–Kier alpha value is -0.880. The van der Waals surface area contributed by atoms with E-state index in [0.29, 0.717) is 0 Å². The minimum absolute atomic E-state index is 0.567. The molecule has 0 radical (unpaired) electrons. The maximum absolute atomic E-state index is 11.7. The largest absolute Gasteiger partial charge is 0.323 e. The number of aryl methyl sites for hydroxylation is 1. The van der Waals surface area contributed by atoms with Crippen LogP contribution in [0.4, 0.5) is 0 Å². The topological polar surface area (TPSA) is 78.0 Å². The molecular formula is C11H21N3O2S. The van der Waals surface area contributed by atoms with Gasteiger partial charge in [-0.05, 0) is 20.3 Å². The molecule has 0 aliphatic rings. The van der Waals surface area contributed by atoms with Crippen molar-refractivity contribution in [1.29, 1.82) is 0 Å². The molecule has 1 heterocycles. The molecule has 0 bridgehead atoms. The fourth-order valence-corrected chi connectivity index (χ4v) is 2.12. The van der Waals surface area contributed by atoms with Crippen LogP contribution in [-0.2, 0) is 16.4 Å². The van der Waals surface area contributed by atoms with Gasteiger partial charge in [0.1, 0.15) is 0 Å². The van der Waals surface area contributed by atoms with Gasteiger partial charge < -0.3 is 5.73 Å². The van der Waals surface area contributed by atoms with Gasteiger partial charge in [0.05, 0.1) is 17.0 Å². The zero-order chi connectivity index (χ0) is 13.3. The minimum Gasteiger partial charge on any atom is -0.323 e. The molecule has 0 fully saturated rings. The van der Waals surface area contributed by atoms with Gasteiger partial charge in [-0.15, -0.1) is 0 Å². The van der Waals surface area contributed by atoms with Gasteiger partial charge in [-0.3, -0.25) is 4.68 Å². The lowest BCUT2D eigenvalue weighted by atomic mass is 9.99. The first-order valence-electron chi connectivity index (χ1n) is 5.67. The third-order valence-electron chi connectivity index (χ3n) is 3.17. The van der Waals surface area contributed by atoms with Crippen LogP contribution in [0, 0.1) is 0 Å². The maximum atomic E-state index is 11.7. The molecule has 17 heavy (non-hydrogen) atoms. The van der Waals surface area contributed by atoms with E-state index in [1.807, 2.05) is 6.20 Å². The third-order valence-corrected chi connectivity index (χ3v) is 5.33. The fourth-order valence-electron chi connectivity index (χ4n) is 1.52. The Bertz CT molecular complexity index is 477. The van der Waals surface area contributed by atoms with E-state index in [9.17, 15) is 8.42 Å². The van der Waals surface area contributed by atoms with Crippen LogP contribution >= 0.6 is 0 Å². The minimum atomic E-state index is -3.21. The Balaban J connectivity index is 3.00. The molecule has 0 amide bonds. The van der Waals surface area contributed by atoms with Gasteiger partial charge in [-0.25, -0.2) is 8.42 Å². The molecule has 5 nitrogen and oxygen atoms in total. The highest BCUT2D eigenvalue weighted by Gasteiger charge is 2.38. The average molecular weight is 259 g/mol. The second kappa shape index (κ2) is 4.78. The number of hydrogen-bond donors (Lipinski definition) is 1. The van der Waals surface area contributed by atoms with Gasteiger partial charge in [-0.2, -0.15) is 5.10 Å². The van der Waals surface area contributed by atoms with E-state index in [1.54, 1.807) is 24.7 Å². The lowest BCUT2D eigenvalue weighted by Gasteiger charge is -2.28. The van der Waals surface area contributed by atoms with Gasteiger partial charge in [0.25, 0.3) is 0 Å². The lowest BCUT2D eigenvalue weighted by molar-refractivity contribution is 0.496. The van der Waals surface area contributed by atoms with Crippen molar-refractivity contribution in [2.45, 2.75) is 44.5 Å². The third kappa shape index (κ3) is 2.87. The number of rotatable bonds is 5. The van der Waals surface area contributed by atoms with Crippen molar-refractivity contribution in [2.24, 2.45) is 5.73 Å². The quantitative estimate of drug-likeness (QED) is 0.859. The Morgan fingerprint density at radius 1 is 1.53 bits per heavy atom. The molecule has 98 valence electrons. The predicted molar refractivity (Wildman–Crippen MR) is 68.4 cm³/mol. The van der Waals surface area contributed by atoms with E-state index in [-0.39, 0.29) is 0 Å². The maximum Gasteiger partial charge on any atom is 0.154 e. The smallest absolute Gasteiger partial charge is 0.154 e. The molecule has 0 aromatic carbocycles. The molecular weight excluding hydrogens is 238 g/mol. The van der Waals surface area contributed by atoms with E-state index in [0.717, 1.165) is 18.5 Å². The van der Waals surface area contributed by atoms with E-state index >= 15 is 0 Å². The molecule has 0 saturated heterocycles. The number of nitrogens with two attached hydrogens (primary N) is 1. The number of sulfone groups is 1. The average Bonchev–Trinajstić information content (AvgIpc) is 2.64. The summed E-state index contributed by atoms with van der Waals surface area (Å²) in [5.41, 5.74) is 6.79. The highest BCUT2D eigenvalue weighted by molar-refractivity contribution is 7.92. The summed E-state index contributed by atoms with van der Waals surface area (Å²) in [6.07, 6.45) is 5.66. The first kappa shape index (κ1) is 14.2. The van der Waals surface area contributed by atoms with Crippen molar-refractivity contribution < 1.29 is 8.42 Å². The van der Waals surface area contributed by atoms with E-state index < -0.39 is 20.6 Å². The first-order chi connectivity index (χ1) is 7.70. The van der Waals surface area contributed by atoms with Gasteiger partial charge in [0.15, 0.2) is 9.84 Å². The van der Waals surface area contributed by atoms with Crippen LogP contribution in [0.3, 0.4) is 0 Å². The molecule has 2 N–H and O–H groups in total. The first-order valence-corrected chi connectivity index (χ1v) is 7.56. The molecule has 1 aromatic heterocycles. The highest BCUT2D eigenvalue weighted by Crippen LogP contribution is 2.29. The molecule has 1 atom stereocenters. The Morgan fingerprint density at radius 2 is 2.12 bits per heavy atom. The lowest BCUT2D eigenvalue weighted by Crippen LogP contribution is -2.42. The summed E-state index contributed by atoms with van der Waals surface area (Å²) in [5.74, 6) is 0. The van der Waals surface area contributed by atoms with Crippen molar-refractivity contribution in [3.63, 3.8) is 0 Å². The molecule has 0 spiro atoms. The van der Waals surface area contributed by atoms with Gasteiger partial charge >= 0.3 is 0 Å². The molecule has 0 aliphatic heterocycles.